The van der Waals surface area contributed by atoms with E-state index in [0.29, 0.717) is 12.0 Å². The van der Waals surface area contributed by atoms with Crippen LogP contribution in [0.2, 0.25) is 0 Å². The highest BCUT2D eigenvalue weighted by Crippen LogP contribution is 2.15. The molecule has 1 N–H and O–H groups in total. The predicted octanol–water partition coefficient (Wildman–Crippen LogP) is 1.10. The fraction of sp³-hybridized carbons (Fsp3) is 0.900. The first-order chi connectivity index (χ1) is 6.17. The molecule has 0 rings (SSSR count). The van der Waals surface area contributed by atoms with E-state index in [1.165, 1.54) is 12.8 Å². The molecular weight excluding hydrogens is 164 g/mol. The number of nitrogens with zero attached hydrogens (tertiary/aromatic N) is 1. The van der Waals surface area contributed by atoms with E-state index in [0.717, 1.165) is 13.0 Å². The summed E-state index contributed by atoms with van der Waals surface area (Å²) in [6.07, 6.45) is 3.11. The highest BCUT2D eigenvalue weighted by atomic mass is 16.1. The Morgan fingerprint density at radius 2 is 1.85 bits per heavy atom. The summed E-state index contributed by atoms with van der Waals surface area (Å²) in [4.78, 5) is 12.4. The van der Waals surface area contributed by atoms with Crippen molar-refractivity contribution >= 4 is 6.41 Å². The molecule has 0 aliphatic carbocycles. The van der Waals surface area contributed by atoms with Gasteiger partial charge in [-0.05, 0) is 20.0 Å². The molecule has 78 valence electrons. The molecule has 0 radical (unpaired) electrons. The van der Waals surface area contributed by atoms with Crippen LogP contribution in [0.4, 0.5) is 0 Å². The molecule has 0 heterocycles. The van der Waals surface area contributed by atoms with Crippen molar-refractivity contribution in [2.75, 3.05) is 20.6 Å². The van der Waals surface area contributed by atoms with Gasteiger partial charge >= 0.3 is 0 Å². The highest BCUT2D eigenvalue weighted by molar-refractivity contribution is 5.45. The largest absolute Gasteiger partial charge is 0.357 e. The summed E-state index contributed by atoms with van der Waals surface area (Å²) in [5, 5.41) is 2.76. The van der Waals surface area contributed by atoms with E-state index in [2.05, 4.69) is 38.2 Å². The monoisotopic (exact) mass is 186 g/mol. The molecule has 0 spiro atoms. The van der Waals surface area contributed by atoms with Crippen LogP contribution in [0.15, 0.2) is 0 Å². The van der Waals surface area contributed by atoms with Gasteiger partial charge in [0.2, 0.25) is 6.41 Å². The van der Waals surface area contributed by atoms with Crippen LogP contribution in [-0.2, 0) is 4.79 Å². The molecule has 0 bridgehead atoms. The van der Waals surface area contributed by atoms with Gasteiger partial charge in [-0.15, -0.1) is 0 Å². The quantitative estimate of drug-likeness (QED) is 0.604. The summed E-state index contributed by atoms with van der Waals surface area (Å²) in [6.45, 7) is 5.15. The summed E-state index contributed by atoms with van der Waals surface area (Å²) < 4.78 is 0. The van der Waals surface area contributed by atoms with E-state index < -0.39 is 0 Å². The third-order valence-electron chi connectivity index (χ3n) is 2.67. The summed E-state index contributed by atoms with van der Waals surface area (Å²) in [7, 11) is 4.13. The first-order valence-corrected chi connectivity index (χ1v) is 5.00. The Morgan fingerprint density at radius 3 is 2.15 bits per heavy atom. The van der Waals surface area contributed by atoms with Gasteiger partial charge in [-0.25, -0.2) is 0 Å². The third-order valence-corrected chi connectivity index (χ3v) is 2.67. The molecule has 1 unspecified atom stereocenters. The maximum absolute atomic E-state index is 10.2. The maximum Gasteiger partial charge on any atom is 0.207 e. The molecule has 0 aromatic rings. The summed E-state index contributed by atoms with van der Waals surface area (Å²) >= 11 is 0. The number of hydrogen-bond donors (Lipinski definition) is 1. The lowest BCUT2D eigenvalue weighted by Gasteiger charge is -2.30. The van der Waals surface area contributed by atoms with Gasteiger partial charge in [-0.2, -0.15) is 0 Å². The second kappa shape index (κ2) is 6.89. The van der Waals surface area contributed by atoms with E-state index in [9.17, 15) is 4.79 Å². The lowest BCUT2D eigenvalue weighted by molar-refractivity contribution is -0.109. The zero-order chi connectivity index (χ0) is 10.3. The van der Waals surface area contributed by atoms with Gasteiger partial charge in [0.15, 0.2) is 0 Å². The molecule has 1 atom stereocenters. The van der Waals surface area contributed by atoms with Crippen LogP contribution >= 0.6 is 0 Å². The summed E-state index contributed by atoms with van der Waals surface area (Å²) in [5.41, 5.74) is 0. The normalized spacial score (nSPS) is 13.4. The van der Waals surface area contributed by atoms with Gasteiger partial charge in [0.25, 0.3) is 0 Å². The average molecular weight is 186 g/mol. The standard InChI is InChI=1S/C10H22N2O/c1-5-9(6-2)10(12(3)4)7-11-8-13/h8-10H,5-7H2,1-4H3,(H,11,13). The molecule has 0 aromatic carbocycles. The molecule has 0 aromatic heterocycles. The number of nitrogens with one attached hydrogen (secondary N) is 1. The van der Waals surface area contributed by atoms with E-state index in [1.54, 1.807) is 0 Å². The van der Waals surface area contributed by atoms with Crippen molar-refractivity contribution in [3.8, 4) is 0 Å². The molecule has 0 saturated carbocycles. The molecule has 0 aliphatic rings. The van der Waals surface area contributed by atoms with Crippen LogP contribution in [0, 0.1) is 5.92 Å². The Kier molecular flexibility index (Phi) is 6.59. The number of carbonyl (C=O) groups excluding carboxylic acids is 1. The van der Waals surface area contributed by atoms with Gasteiger partial charge in [0.05, 0.1) is 0 Å². The zero-order valence-electron chi connectivity index (χ0n) is 9.21. The minimum Gasteiger partial charge on any atom is -0.357 e. The second-order valence-corrected chi connectivity index (χ2v) is 3.63. The van der Waals surface area contributed by atoms with E-state index in [-0.39, 0.29) is 0 Å². The zero-order valence-corrected chi connectivity index (χ0v) is 9.21. The van der Waals surface area contributed by atoms with Crippen LogP contribution in [0.3, 0.4) is 0 Å². The number of likely N-dealkylation sites (N-methyl/N-ethyl adjacent to an activating group) is 1. The lowest BCUT2D eigenvalue weighted by Crippen LogP contribution is -2.42. The van der Waals surface area contributed by atoms with Crippen LogP contribution in [0.1, 0.15) is 26.7 Å². The maximum atomic E-state index is 10.2. The first kappa shape index (κ1) is 12.4. The average Bonchev–Trinajstić information content (AvgIpc) is 2.11. The molecule has 3 nitrogen and oxygen atoms in total. The Hall–Kier alpha value is -0.570. The Bertz CT molecular complexity index is 133. The van der Waals surface area contributed by atoms with E-state index in [1.807, 2.05) is 0 Å². The molecule has 0 saturated heterocycles. The topological polar surface area (TPSA) is 32.3 Å². The van der Waals surface area contributed by atoms with Gasteiger partial charge in [-0.3, -0.25) is 4.79 Å². The predicted molar refractivity (Wildman–Crippen MR) is 55.6 cm³/mol. The van der Waals surface area contributed by atoms with Gasteiger partial charge in [0, 0.05) is 12.6 Å². The molecular formula is C10H22N2O. The smallest absolute Gasteiger partial charge is 0.207 e. The molecule has 0 fully saturated rings. The van der Waals surface area contributed by atoms with Crippen molar-refractivity contribution < 1.29 is 4.79 Å². The van der Waals surface area contributed by atoms with Crippen molar-refractivity contribution in [1.82, 2.24) is 10.2 Å². The minimum absolute atomic E-state index is 0.459. The summed E-state index contributed by atoms with van der Waals surface area (Å²) in [6, 6.07) is 0.459. The first-order valence-electron chi connectivity index (χ1n) is 5.00. The minimum atomic E-state index is 0.459. The number of carbonyl (C=O) groups is 1. The van der Waals surface area contributed by atoms with Crippen molar-refractivity contribution in [3.05, 3.63) is 0 Å². The number of amides is 1. The van der Waals surface area contributed by atoms with E-state index >= 15 is 0 Å². The van der Waals surface area contributed by atoms with Crippen LogP contribution < -0.4 is 5.32 Å². The van der Waals surface area contributed by atoms with Crippen LogP contribution in [0.5, 0.6) is 0 Å². The fourth-order valence-electron chi connectivity index (χ4n) is 1.77. The molecule has 1 amide bonds. The van der Waals surface area contributed by atoms with Crippen molar-refractivity contribution in [3.63, 3.8) is 0 Å². The van der Waals surface area contributed by atoms with Gasteiger partial charge in [-0.1, -0.05) is 26.7 Å². The van der Waals surface area contributed by atoms with Crippen molar-refractivity contribution in [2.45, 2.75) is 32.7 Å². The fourth-order valence-corrected chi connectivity index (χ4v) is 1.77. The number of rotatable bonds is 7. The SMILES string of the molecule is CCC(CC)C(CNC=O)N(C)C. The highest BCUT2D eigenvalue weighted by Gasteiger charge is 2.19. The molecule has 0 aliphatic heterocycles. The second-order valence-electron chi connectivity index (χ2n) is 3.63. The van der Waals surface area contributed by atoms with Crippen LogP contribution in [0.25, 0.3) is 0 Å². The molecule has 3 heteroatoms. The summed E-state index contributed by atoms with van der Waals surface area (Å²) in [5.74, 6) is 0.669. The third kappa shape index (κ3) is 4.27. The Morgan fingerprint density at radius 1 is 1.31 bits per heavy atom. The van der Waals surface area contributed by atoms with Crippen molar-refractivity contribution in [2.24, 2.45) is 5.92 Å². The van der Waals surface area contributed by atoms with E-state index in [4.69, 9.17) is 0 Å². The number of hydrogen-bond acceptors (Lipinski definition) is 2. The van der Waals surface area contributed by atoms with Gasteiger partial charge in [0.1, 0.15) is 0 Å². The molecule has 13 heavy (non-hydrogen) atoms. The van der Waals surface area contributed by atoms with Gasteiger partial charge < -0.3 is 10.2 Å². The lowest BCUT2D eigenvalue weighted by atomic mass is 9.93. The van der Waals surface area contributed by atoms with Crippen molar-refractivity contribution in [1.29, 1.82) is 0 Å². The Balaban J connectivity index is 4.11. The van der Waals surface area contributed by atoms with Crippen LogP contribution in [-0.4, -0.2) is 38.0 Å². The Labute approximate surface area is 81.5 Å².